The average Bonchev–Trinajstić information content (AvgIpc) is 2.19. The molecule has 0 bridgehead atoms. The monoisotopic (exact) mass is 232 g/mol. The van der Waals surface area contributed by atoms with Crippen molar-refractivity contribution in [1.29, 1.82) is 0 Å². The van der Waals surface area contributed by atoms with E-state index in [1.54, 1.807) is 0 Å². The van der Waals surface area contributed by atoms with Crippen molar-refractivity contribution >= 4 is 5.97 Å². The van der Waals surface area contributed by atoms with E-state index in [0.717, 1.165) is 18.2 Å². The van der Waals surface area contributed by atoms with Crippen LogP contribution in [0.15, 0.2) is 18.2 Å². The fourth-order valence-electron chi connectivity index (χ4n) is 1.28. The van der Waals surface area contributed by atoms with Crippen LogP contribution >= 0.6 is 0 Å². The molecule has 0 amide bonds. The minimum atomic E-state index is -3.24. The lowest BCUT2D eigenvalue weighted by atomic mass is 10.0. The molecule has 2 nitrogen and oxygen atoms in total. The van der Waals surface area contributed by atoms with Crippen LogP contribution in [0.5, 0.6) is 0 Å². The molecule has 0 aliphatic carbocycles. The van der Waals surface area contributed by atoms with Crippen molar-refractivity contribution in [1.82, 2.24) is 0 Å². The Morgan fingerprint density at radius 2 is 2.06 bits per heavy atom. The first-order valence-corrected chi connectivity index (χ1v) is 4.69. The summed E-state index contributed by atoms with van der Waals surface area (Å²) in [5.41, 5.74) is -0.236. The SMILES string of the molecule is Cc1cc(C(F)(F)CCC(=O)O)ccc1F. The van der Waals surface area contributed by atoms with Crippen LogP contribution in [0.25, 0.3) is 0 Å². The number of benzene rings is 1. The van der Waals surface area contributed by atoms with Crippen LogP contribution in [0.4, 0.5) is 13.2 Å². The number of halogens is 3. The zero-order chi connectivity index (χ0) is 12.3. The summed E-state index contributed by atoms with van der Waals surface area (Å²) in [7, 11) is 0. The zero-order valence-corrected chi connectivity index (χ0v) is 8.64. The van der Waals surface area contributed by atoms with Gasteiger partial charge in [-0.1, -0.05) is 6.07 Å². The van der Waals surface area contributed by atoms with E-state index in [4.69, 9.17) is 5.11 Å². The largest absolute Gasteiger partial charge is 0.481 e. The molecule has 0 radical (unpaired) electrons. The number of hydrogen-bond donors (Lipinski definition) is 1. The number of carboxylic acids is 1. The molecule has 0 saturated heterocycles. The first-order valence-electron chi connectivity index (χ1n) is 4.69. The Hall–Kier alpha value is -1.52. The molecule has 88 valence electrons. The van der Waals surface area contributed by atoms with Crippen molar-refractivity contribution < 1.29 is 23.1 Å². The first-order chi connectivity index (χ1) is 7.33. The molecule has 5 heteroatoms. The van der Waals surface area contributed by atoms with Crippen LogP contribution in [-0.2, 0) is 10.7 Å². The van der Waals surface area contributed by atoms with Gasteiger partial charge in [-0.2, -0.15) is 0 Å². The summed E-state index contributed by atoms with van der Waals surface area (Å²) in [6, 6.07) is 2.97. The lowest BCUT2D eigenvalue weighted by Crippen LogP contribution is -2.15. The summed E-state index contributed by atoms with van der Waals surface area (Å²) in [4.78, 5) is 10.2. The molecule has 0 spiro atoms. The number of aliphatic carboxylic acids is 1. The maximum Gasteiger partial charge on any atom is 0.303 e. The Bertz CT molecular complexity index is 402. The van der Waals surface area contributed by atoms with E-state index < -0.39 is 30.6 Å². The summed E-state index contributed by atoms with van der Waals surface area (Å²) in [6.07, 6.45) is -1.41. The van der Waals surface area contributed by atoms with Gasteiger partial charge in [-0.25, -0.2) is 13.2 Å². The van der Waals surface area contributed by atoms with Gasteiger partial charge in [0.15, 0.2) is 0 Å². The van der Waals surface area contributed by atoms with E-state index in [-0.39, 0.29) is 11.1 Å². The maximum absolute atomic E-state index is 13.4. The predicted octanol–water partition coefficient (Wildman–Crippen LogP) is 3.09. The Morgan fingerprint density at radius 1 is 1.44 bits per heavy atom. The molecular weight excluding hydrogens is 221 g/mol. The number of aryl methyl sites for hydroxylation is 1. The molecule has 1 aromatic carbocycles. The summed E-state index contributed by atoms with van der Waals surface area (Å²) < 4.78 is 39.7. The van der Waals surface area contributed by atoms with E-state index in [0.29, 0.717) is 0 Å². The highest BCUT2D eigenvalue weighted by molar-refractivity contribution is 5.66. The van der Waals surface area contributed by atoms with Gasteiger partial charge in [0.2, 0.25) is 0 Å². The highest BCUT2D eigenvalue weighted by atomic mass is 19.3. The second-order valence-corrected chi connectivity index (χ2v) is 3.56. The molecule has 0 aliphatic rings. The average molecular weight is 232 g/mol. The maximum atomic E-state index is 13.4. The molecule has 16 heavy (non-hydrogen) atoms. The quantitative estimate of drug-likeness (QED) is 0.866. The molecule has 0 heterocycles. The number of hydrogen-bond acceptors (Lipinski definition) is 1. The zero-order valence-electron chi connectivity index (χ0n) is 8.64. The van der Waals surface area contributed by atoms with Crippen LogP contribution in [0.3, 0.4) is 0 Å². The lowest BCUT2D eigenvalue weighted by molar-refractivity contribution is -0.139. The third-order valence-corrected chi connectivity index (χ3v) is 2.23. The minimum Gasteiger partial charge on any atom is -0.481 e. The molecule has 1 rings (SSSR count). The fraction of sp³-hybridized carbons (Fsp3) is 0.364. The van der Waals surface area contributed by atoms with Gasteiger partial charge in [-0.05, 0) is 24.6 Å². The smallest absolute Gasteiger partial charge is 0.303 e. The van der Waals surface area contributed by atoms with Gasteiger partial charge >= 0.3 is 5.97 Å². The molecule has 0 aromatic heterocycles. The highest BCUT2D eigenvalue weighted by Gasteiger charge is 2.32. The highest BCUT2D eigenvalue weighted by Crippen LogP contribution is 2.33. The van der Waals surface area contributed by atoms with Gasteiger partial charge in [-0.3, -0.25) is 4.79 Å². The number of carbonyl (C=O) groups is 1. The fourth-order valence-corrected chi connectivity index (χ4v) is 1.28. The second kappa shape index (κ2) is 4.55. The lowest BCUT2D eigenvalue weighted by Gasteiger charge is -2.16. The van der Waals surface area contributed by atoms with E-state index in [1.807, 2.05) is 0 Å². The summed E-state index contributed by atoms with van der Waals surface area (Å²) >= 11 is 0. The molecule has 1 aromatic rings. The molecular formula is C11H11F3O2. The standard InChI is InChI=1S/C11H11F3O2/c1-7-6-8(2-3-9(7)12)11(13,14)5-4-10(15)16/h2-3,6H,4-5H2,1H3,(H,15,16). The molecule has 0 fully saturated rings. The number of rotatable bonds is 4. The van der Waals surface area contributed by atoms with Gasteiger partial charge in [0.1, 0.15) is 5.82 Å². The normalized spacial score (nSPS) is 11.5. The third-order valence-electron chi connectivity index (χ3n) is 2.23. The van der Waals surface area contributed by atoms with Gasteiger partial charge < -0.3 is 5.11 Å². The minimum absolute atomic E-state index is 0.118. The Balaban J connectivity index is 2.88. The Labute approximate surface area is 90.7 Å². The van der Waals surface area contributed by atoms with E-state index in [9.17, 15) is 18.0 Å². The molecule has 0 aliphatic heterocycles. The van der Waals surface area contributed by atoms with Crippen molar-refractivity contribution in [2.24, 2.45) is 0 Å². The Morgan fingerprint density at radius 3 is 2.56 bits per heavy atom. The number of alkyl halides is 2. The topological polar surface area (TPSA) is 37.3 Å². The molecule has 0 atom stereocenters. The van der Waals surface area contributed by atoms with Crippen molar-refractivity contribution in [2.75, 3.05) is 0 Å². The number of carboxylic acid groups (broad SMARTS) is 1. The summed E-state index contributed by atoms with van der Waals surface area (Å²) in [6.45, 7) is 1.38. The predicted molar refractivity (Wildman–Crippen MR) is 51.9 cm³/mol. The van der Waals surface area contributed by atoms with E-state index >= 15 is 0 Å². The molecule has 1 N–H and O–H groups in total. The van der Waals surface area contributed by atoms with Crippen LogP contribution in [-0.4, -0.2) is 11.1 Å². The second-order valence-electron chi connectivity index (χ2n) is 3.56. The van der Waals surface area contributed by atoms with Crippen molar-refractivity contribution in [3.8, 4) is 0 Å². The summed E-state index contributed by atoms with van der Waals surface area (Å²) in [5, 5.41) is 8.33. The molecule has 0 unspecified atom stereocenters. The Kier molecular flexibility index (Phi) is 3.57. The van der Waals surface area contributed by atoms with Crippen molar-refractivity contribution in [3.63, 3.8) is 0 Å². The molecule has 0 saturated carbocycles. The van der Waals surface area contributed by atoms with Crippen LogP contribution in [0.1, 0.15) is 24.0 Å². The van der Waals surface area contributed by atoms with Gasteiger partial charge in [0, 0.05) is 12.0 Å². The third kappa shape index (κ3) is 2.98. The van der Waals surface area contributed by atoms with Gasteiger partial charge in [0.25, 0.3) is 5.92 Å². The van der Waals surface area contributed by atoms with Crippen molar-refractivity contribution in [3.05, 3.63) is 35.1 Å². The van der Waals surface area contributed by atoms with E-state index in [1.165, 1.54) is 6.92 Å². The van der Waals surface area contributed by atoms with Gasteiger partial charge in [-0.15, -0.1) is 0 Å². The van der Waals surface area contributed by atoms with Gasteiger partial charge in [0.05, 0.1) is 6.42 Å². The van der Waals surface area contributed by atoms with Crippen molar-refractivity contribution in [2.45, 2.75) is 25.7 Å². The van der Waals surface area contributed by atoms with Crippen LogP contribution in [0.2, 0.25) is 0 Å². The first kappa shape index (κ1) is 12.5. The summed E-state index contributed by atoms with van der Waals surface area (Å²) in [5.74, 6) is -5.08. The van der Waals surface area contributed by atoms with E-state index in [2.05, 4.69) is 0 Å². The van der Waals surface area contributed by atoms with Crippen LogP contribution < -0.4 is 0 Å². The van der Waals surface area contributed by atoms with Crippen LogP contribution in [0, 0.1) is 12.7 Å².